The second-order valence-electron chi connectivity index (χ2n) is 4.74. The molecule has 1 fully saturated rings. The van der Waals surface area contributed by atoms with Crippen LogP contribution in [0.2, 0.25) is 0 Å². The van der Waals surface area contributed by atoms with Crippen molar-refractivity contribution in [2.75, 3.05) is 0 Å². The molecule has 4 atom stereocenters. The Bertz CT molecular complexity index is 554. The van der Waals surface area contributed by atoms with Crippen molar-refractivity contribution in [1.82, 2.24) is 13.9 Å². The van der Waals surface area contributed by atoms with Gasteiger partial charge in [-0.05, 0) is 6.42 Å². The third-order valence-electron chi connectivity index (χ3n) is 4.14. The zero-order valence-corrected chi connectivity index (χ0v) is 8.33. The molecule has 0 unspecified atom stereocenters. The van der Waals surface area contributed by atoms with E-state index >= 15 is 0 Å². The Morgan fingerprint density at radius 3 is 2.00 bits per heavy atom. The largest absolute Gasteiger partial charge is 0.347 e. The fourth-order valence-corrected chi connectivity index (χ4v) is 3.47. The van der Waals surface area contributed by atoms with E-state index in [9.17, 15) is 9.59 Å². The Balaban J connectivity index is 2.05. The maximum Gasteiger partial charge on any atom is 0.347 e. The fraction of sp³-hybridized carbons (Fsp3) is 0.600. The van der Waals surface area contributed by atoms with Crippen LogP contribution in [0.1, 0.15) is 18.5 Å². The molecule has 5 heteroatoms. The SMILES string of the molecule is Cn1c(=O)n2n(c1=O)[C@H]1[C@@H]2[C@@H]2C=C[C@H]1C2. The molecule has 3 aliphatic rings. The van der Waals surface area contributed by atoms with Crippen LogP contribution >= 0.6 is 0 Å². The summed E-state index contributed by atoms with van der Waals surface area (Å²) in [5.41, 5.74) is -0.329. The van der Waals surface area contributed by atoms with Crippen LogP contribution in [-0.4, -0.2) is 13.9 Å². The monoisotopic (exact) mass is 205 g/mol. The summed E-state index contributed by atoms with van der Waals surface area (Å²) in [6.45, 7) is 0. The summed E-state index contributed by atoms with van der Waals surface area (Å²) >= 11 is 0. The molecule has 2 heterocycles. The zero-order valence-electron chi connectivity index (χ0n) is 8.33. The van der Waals surface area contributed by atoms with Gasteiger partial charge < -0.3 is 0 Å². The number of hydrogen-bond acceptors (Lipinski definition) is 2. The Labute approximate surface area is 85.2 Å². The number of nitrogens with zero attached hydrogens (tertiary/aromatic N) is 3. The Kier molecular flexibility index (Phi) is 1.05. The van der Waals surface area contributed by atoms with Gasteiger partial charge >= 0.3 is 11.4 Å². The summed E-state index contributed by atoms with van der Waals surface area (Å²) in [6.07, 6.45) is 5.49. The van der Waals surface area contributed by atoms with Crippen molar-refractivity contribution in [3.63, 3.8) is 0 Å². The summed E-state index contributed by atoms with van der Waals surface area (Å²) in [6, 6.07) is 0.503. The summed E-state index contributed by atoms with van der Waals surface area (Å²) in [4.78, 5) is 23.5. The first-order valence-electron chi connectivity index (χ1n) is 5.28. The third kappa shape index (κ3) is 0.608. The molecule has 0 saturated heterocycles. The molecule has 1 aromatic rings. The summed E-state index contributed by atoms with van der Waals surface area (Å²) < 4.78 is 4.49. The van der Waals surface area contributed by atoms with E-state index in [0.717, 1.165) is 6.42 Å². The van der Waals surface area contributed by atoms with Gasteiger partial charge in [0.2, 0.25) is 0 Å². The van der Waals surface area contributed by atoms with Crippen LogP contribution in [0.3, 0.4) is 0 Å². The molecule has 5 nitrogen and oxygen atoms in total. The van der Waals surface area contributed by atoms with Crippen molar-refractivity contribution >= 4 is 0 Å². The van der Waals surface area contributed by atoms with E-state index in [4.69, 9.17) is 0 Å². The minimum atomic E-state index is -0.165. The van der Waals surface area contributed by atoms with Crippen LogP contribution in [-0.2, 0) is 7.05 Å². The highest BCUT2D eigenvalue weighted by atomic mass is 16.2. The molecule has 1 aliphatic heterocycles. The van der Waals surface area contributed by atoms with E-state index in [0.29, 0.717) is 11.8 Å². The normalized spacial score (nSPS) is 39.0. The molecule has 4 rings (SSSR count). The van der Waals surface area contributed by atoms with Gasteiger partial charge in [0.1, 0.15) is 0 Å². The molecule has 0 amide bonds. The van der Waals surface area contributed by atoms with E-state index in [1.54, 1.807) is 16.4 Å². The van der Waals surface area contributed by atoms with Crippen LogP contribution in [0.4, 0.5) is 0 Å². The first-order chi connectivity index (χ1) is 7.20. The molecule has 2 aliphatic carbocycles. The summed E-state index contributed by atoms with van der Waals surface area (Å²) in [7, 11) is 1.55. The predicted molar refractivity (Wildman–Crippen MR) is 52.7 cm³/mol. The maximum atomic E-state index is 11.8. The molecule has 0 radical (unpaired) electrons. The maximum absolute atomic E-state index is 11.8. The number of aromatic nitrogens is 3. The van der Waals surface area contributed by atoms with Gasteiger partial charge in [-0.25, -0.2) is 23.5 Å². The van der Waals surface area contributed by atoms with E-state index < -0.39 is 0 Å². The molecule has 15 heavy (non-hydrogen) atoms. The highest BCUT2D eigenvalue weighted by Crippen LogP contribution is 2.56. The van der Waals surface area contributed by atoms with Crippen LogP contribution in [0.15, 0.2) is 21.7 Å². The Hall–Kier alpha value is -1.52. The van der Waals surface area contributed by atoms with Gasteiger partial charge in [0.05, 0.1) is 12.1 Å². The number of allylic oxidation sites excluding steroid dienone is 2. The molecular formula is C10H11N3O2. The number of hydrogen-bond donors (Lipinski definition) is 0. The molecule has 78 valence electrons. The molecule has 1 aromatic heterocycles. The van der Waals surface area contributed by atoms with Gasteiger partial charge in [-0.2, -0.15) is 0 Å². The average Bonchev–Trinajstić information content (AvgIpc) is 2.76. The topological polar surface area (TPSA) is 48.9 Å². The second kappa shape index (κ2) is 2.03. The molecule has 0 aromatic carbocycles. The van der Waals surface area contributed by atoms with Crippen molar-refractivity contribution in [2.24, 2.45) is 18.9 Å². The van der Waals surface area contributed by atoms with Crippen molar-refractivity contribution in [2.45, 2.75) is 18.5 Å². The van der Waals surface area contributed by atoms with Crippen molar-refractivity contribution in [3.05, 3.63) is 33.1 Å². The second-order valence-corrected chi connectivity index (χ2v) is 4.74. The van der Waals surface area contributed by atoms with Crippen LogP contribution < -0.4 is 11.4 Å². The van der Waals surface area contributed by atoms with Crippen LogP contribution in [0, 0.1) is 11.8 Å². The highest BCUT2D eigenvalue weighted by Gasteiger charge is 2.56. The predicted octanol–water partition coefficient (Wildman–Crippen LogP) is -0.350. The van der Waals surface area contributed by atoms with Gasteiger partial charge in [0.25, 0.3) is 0 Å². The van der Waals surface area contributed by atoms with Gasteiger partial charge in [-0.1, -0.05) is 12.2 Å². The molecular weight excluding hydrogens is 194 g/mol. The fourth-order valence-electron chi connectivity index (χ4n) is 3.47. The van der Waals surface area contributed by atoms with Gasteiger partial charge in [0.15, 0.2) is 0 Å². The Morgan fingerprint density at radius 1 is 1.07 bits per heavy atom. The third-order valence-corrected chi connectivity index (χ3v) is 4.14. The molecule has 0 N–H and O–H groups in total. The lowest BCUT2D eigenvalue weighted by Crippen LogP contribution is -2.49. The first-order valence-corrected chi connectivity index (χ1v) is 5.28. The van der Waals surface area contributed by atoms with Gasteiger partial charge in [-0.3, -0.25) is 0 Å². The van der Waals surface area contributed by atoms with E-state index in [1.807, 2.05) is 0 Å². The van der Waals surface area contributed by atoms with Gasteiger partial charge in [0, 0.05) is 18.9 Å². The lowest BCUT2D eigenvalue weighted by atomic mass is 9.93. The van der Waals surface area contributed by atoms with E-state index in [2.05, 4.69) is 12.2 Å². The smallest absolute Gasteiger partial charge is 0.246 e. The lowest BCUT2D eigenvalue weighted by molar-refractivity contribution is 0.112. The van der Waals surface area contributed by atoms with Crippen LogP contribution in [0.5, 0.6) is 0 Å². The minimum Gasteiger partial charge on any atom is -0.246 e. The molecule has 2 bridgehead atoms. The minimum absolute atomic E-state index is 0.165. The lowest BCUT2D eigenvalue weighted by Gasteiger charge is -2.39. The van der Waals surface area contributed by atoms with Crippen LogP contribution in [0.25, 0.3) is 0 Å². The zero-order chi connectivity index (χ0) is 10.3. The first kappa shape index (κ1) is 7.73. The number of rotatable bonds is 0. The summed E-state index contributed by atoms with van der Waals surface area (Å²) in [5, 5.41) is 0. The van der Waals surface area contributed by atoms with Crippen molar-refractivity contribution < 1.29 is 0 Å². The van der Waals surface area contributed by atoms with E-state index in [1.165, 1.54) is 4.57 Å². The quantitative estimate of drug-likeness (QED) is 0.543. The number of fused-ring (bicyclic) bond motifs is 8. The van der Waals surface area contributed by atoms with Gasteiger partial charge in [-0.15, -0.1) is 0 Å². The molecule has 1 saturated carbocycles. The van der Waals surface area contributed by atoms with Crippen molar-refractivity contribution in [1.29, 1.82) is 0 Å². The molecule has 0 spiro atoms. The highest BCUT2D eigenvalue weighted by molar-refractivity contribution is 5.20. The van der Waals surface area contributed by atoms with E-state index in [-0.39, 0.29) is 23.5 Å². The van der Waals surface area contributed by atoms with Crippen molar-refractivity contribution in [3.8, 4) is 0 Å². The summed E-state index contributed by atoms with van der Waals surface area (Å²) in [5.74, 6) is 0.944. The standard InChI is InChI=1S/C10H11N3O2/c1-11-9(14)12-7-5-2-3-6(4-5)8(7)13(12)10(11)15/h2-3,5-8H,4H2,1H3/t5-,6+,7+,8-. The Morgan fingerprint density at radius 2 is 1.53 bits per heavy atom. The average molecular weight is 205 g/mol.